The first-order valence-corrected chi connectivity index (χ1v) is 32.2. The fourth-order valence-corrected chi connectivity index (χ4v) is 10.4. The first-order valence-electron chi connectivity index (χ1n) is 32.2. The van der Waals surface area contributed by atoms with Gasteiger partial charge in [0, 0.05) is 6.42 Å². The largest absolute Gasteiger partial charge is 0.394 e. The van der Waals surface area contributed by atoms with E-state index in [4.69, 9.17) is 9.47 Å². The Bertz CT molecular complexity index is 1260. The van der Waals surface area contributed by atoms with E-state index >= 15 is 0 Å². The lowest BCUT2D eigenvalue weighted by Gasteiger charge is -2.40. The Balaban J connectivity index is 2.05. The van der Waals surface area contributed by atoms with Crippen LogP contribution in [0.3, 0.4) is 0 Å². The van der Waals surface area contributed by atoms with Crippen LogP contribution in [0.5, 0.6) is 0 Å². The summed E-state index contributed by atoms with van der Waals surface area (Å²) in [7, 11) is 0. The first-order chi connectivity index (χ1) is 36.3. The minimum absolute atomic E-state index is 0.186. The normalized spacial score (nSPS) is 19.1. The SMILES string of the molecule is CCCCCC/C=C/CC/C=C/CC/C=C/C(O)C(COC1OC(CO)C(O)C(O)C1O)NC(=O)CCCCCCCCCCCCCCCCCCCCCCCCCCCCCCCCCCCCCCC. The van der Waals surface area contributed by atoms with Crippen LogP contribution in [0.1, 0.15) is 316 Å². The molecule has 0 aliphatic carbocycles. The number of aliphatic hydroxyl groups is 5. The van der Waals surface area contributed by atoms with Crippen LogP contribution in [0, 0.1) is 0 Å². The maximum absolute atomic E-state index is 13.1. The van der Waals surface area contributed by atoms with Gasteiger partial charge in [-0.25, -0.2) is 0 Å². The predicted octanol–water partition coefficient (Wildman–Crippen LogP) is 16.7. The topological polar surface area (TPSA) is 149 Å². The summed E-state index contributed by atoms with van der Waals surface area (Å²) in [4.78, 5) is 13.1. The maximum Gasteiger partial charge on any atom is 0.220 e. The fourth-order valence-electron chi connectivity index (χ4n) is 10.4. The number of ether oxygens (including phenoxy) is 2. The standard InChI is InChI=1S/C65H123NO8/c1-3-5-7-9-11-13-15-17-19-20-21-22-23-24-25-26-27-28-29-30-31-32-33-34-35-36-37-38-39-40-41-43-45-47-49-51-53-55-61(69)66-58(57-73-65-64(72)63(71)62(70)60(56-67)74-65)59(68)54-52-50-48-46-44-42-18-16-14-12-10-8-6-4-2/h14,16,44,46,52,54,58-60,62-65,67-68,70-72H,3-13,15,17-43,45,47-51,53,55-57H2,1-2H3,(H,66,69)/b16-14+,46-44+,54-52+. The lowest BCUT2D eigenvalue weighted by Crippen LogP contribution is -2.60. The number of carbonyl (C=O) groups is 1. The molecule has 0 spiro atoms. The average molecular weight is 1050 g/mol. The Morgan fingerprint density at radius 1 is 0.446 bits per heavy atom. The van der Waals surface area contributed by atoms with Crippen molar-refractivity contribution in [1.29, 1.82) is 0 Å². The van der Waals surface area contributed by atoms with Crippen LogP contribution in [-0.4, -0.2) is 87.5 Å². The Morgan fingerprint density at radius 2 is 0.770 bits per heavy atom. The molecule has 436 valence electrons. The van der Waals surface area contributed by atoms with Crippen LogP contribution in [0.25, 0.3) is 0 Å². The zero-order chi connectivity index (χ0) is 53.6. The van der Waals surface area contributed by atoms with E-state index in [1.807, 2.05) is 6.08 Å². The third-order valence-electron chi connectivity index (χ3n) is 15.4. The molecule has 7 atom stereocenters. The highest BCUT2D eigenvalue weighted by atomic mass is 16.7. The smallest absolute Gasteiger partial charge is 0.220 e. The Labute approximate surface area is 457 Å². The van der Waals surface area contributed by atoms with Crippen LogP contribution in [0.15, 0.2) is 36.5 Å². The molecule has 6 N–H and O–H groups in total. The summed E-state index contributed by atoms with van der Waals surface area (Å²) >= 11 is 0. The van der Waals surface area contributed by atoms with E-state index in [0.717, 1.165) is 51.4 Å². The molecule has 9 heteroatoms. The lowest BCUT2D eigenvalue weighted by atomic mass is 9.99. The summed E-state index contributed by atoms with van der Waals surface area (Å²) in [5.41, 5.74) is 0. The van der Waals surface area contributed by atoms with Crippen LogP contribution in [0.2, 0.25) is 0 Å². The molecule has 0 aromatic rings. The molecule has 1 saturated heterocycles. The molecule has 0 aromatic carbocycles. The summed E-state index contributed by atoms with van der Waals surface area (Å²) in [6.07, 6.45) is 65.5. The number of amides is 1. The van der Waals surface area contributed by atoms with E-state index in [2.05, 4.69) is 43.5 Å². The predicted molar refractivity (Wildman–Crippen MR) is 313 cm³/mol. The van der Waals surface area contributed by atoms with Gasteiger partial charge in [0.2, 0.25) is 5.91 Å². The van der Waals surface area contributed by atoms with Crippen molar-refractivity contribution in [3.63, 3.8) is 0 Å². The number of nitrogens with one attached hydrogen (secondary N) is 1. The quantitative estimate of drug-likeness (QED) is 0.0261. The minimum atomic E-state index is -1.57. The molecule has 0 bridgehead atoms. The van der Waals surface area contributed by atoms with E-state index in [1.54, 1.807) is 6.08 Å². The lowest BCUT2D eigenvalue weighted by molar-refractivity contribution is -0.302. The van der Waals surface area contributed by atoms with Crippen LogP contribution in [0.4, 0.5) is 0 Å². The molecule has 1 aliphatic heterocycles. The highest BCUT2D eigenvalue weighted by Crippen LogP contribution is 2.23. The molecule has 1 amide bonds. The van der Waals surface area contributed by atoms with Gasteiger partial charge in [-0.15, -0.1) is 0 Å². The summed E-state index contributed by atoms with van der Waals surface area (Å²) < 4.78 is 11.2. The number of aliphatic hydroxyl groups excluding tert-OH is 5. The molecule has 1 heterocycles. The van der Waals surface area contributed by atoms with Crippen molar-refractivity contribution in [2.75, 3.05) is 13.2 Å². The van der Waals surface area contributed by atoms with Gasteiger partial charge in [0.05, 0.1) is 25.4 Å². The number of rotatable bonds is 56. The van der Waals surface area contributed by atoms with E-state index < -0.39 is 49.5 Å². The number of allylic oxidation sites excluding steroid dienone is 5. The molecule has 9 nitrogen and oxygen atoms in total. The Morgan fingerprint density at radius 3 is 1.14 bits per heavy atom. The molecule has 0 aromatic heterocycles. The number of hydrogen-bond acceptors (Lipinski definition) is 8. The van der Waals surface area contributed by atoms with Crippen molar-refractivity contribution in [1.82, 2.24) is 5.32 Å². The van der Waals surface area contributed by atoms with Gasteiger partial charge in [0.1, 0.15) is 24.4 Å². The van der Waals surface area contributed by atoms with Crippen molar-refractivity contribution in [2.24, 2.45) is 0 Å². The van der Waals surface area contributed by atoms with Crippen molar-refractivity contribution < 1.29 is 39.8 Å². The molecule has 7 unspecified atom stereocenters. The molecule has 1 aliphatic rings. The maximum atomic E-state index is 13.1. The molecule has 1 fully saturated rings. The van der Waals surface area contributed by atoms with Gasteiger partial charge < -0.3 is 40.3 Å². The second-order valence-corrected chi connectivity index (χ2v) is 22.5. The second-order valence-electron chi connectivity index (χ2n) is 22.5. The zero-order valence-electron chi connectivity index (χ0n) is 48.6. The zero-order valence-corrected chi connectivity index (χ0v) is 48.6. The molecule has 74 heavy (non-hydrogen) atoms. The fraction of sp³-hybridized carbons (Fsp3) is 0.892. The summed E-state index contributed by atoms with van der Waals surface area (Å²) in [5, 5.41) is 54.4. The van der Waals surface area contributed by atoms with E-state index in [-0.39, 0.29) is 12.5 Å². The summed E-state index contributed by atoms with van der Waals surface area (Å²) in [6, 6.07) is -0.826. The highest BCUT2D eigenvalue weighted by Gasteiger charge is 2.44. The molecule has 1 rings (SSSR count). The van der Waals surface area contributed by atoms with E-state index in [1.165, 1.54) is 244 Å². The average Bonchev–Trinajstić information content (AvgIpc) is 3.40. The number of carbonyl (C=O) groups excluding carboxylic acids is 1. The Hall–Kier alpha value is -1.59. The second kappa shape index (κ2) is 54.8. The Kier molecular flexibility index (Phi) is 52.1. The van der Waals surface area contributed by atoms with Gasteiger partial charge in [-0.05, 0) is 44.9 Å². The highest BCUT2D eigenvalue weighted by molar-refractivity contribution is 5.76. The van der Waals surface area contributed by atoms with Crippen LogP contribution in [-0.2, 0) is 14.3 Å². The number of hydrogen-bond donors (Lipinski definition) is 6. The monoisotopic (exact) mass is 1050 g/mol. The number of unbranched alkanes of at least 4 members (excludes halogenated alkanes) is 42. The van der Waals surface area contributed by atoms with Gasteiger partial charge in [0.25, 0.3) is 0 Å². The van der Waals surface area contributed by atoms with Gasteiger partial charge in [-0.3, -0.25) is 4.79 Å². The van der Waals surface area contributed by atoms with Crippen LogP contribution < -0.4 is 5.32 Å². The minimum Gasteiger partial charge on any atom is -0.394 e. The van der Waals surface area contributed by atoms with Crippen molar-refractivity contribution in [3.05, 3.63) is 36.5 Å². The third-order valence-corrected chi connectivity index (χ3v) is 15.4. The third kappa shape index (κ3) is 43.4. The van der Waals surface area contributed by atoms with Crippen molar-refractivity contribution >= 4 is 5.91 Å². The van der Waals surface area contributed by atoms with Gasteiger partial charge in [-0.2, -0.15) is 0 Å². The summed E-state index contributed by atoms with van der Waals surface area (Å²) in [5.74, 6) is -0.186. The first kappa shape index (κ1) is 70.4. The molecule has 0 saturated carbocycles. The van der Waals surface area contributed by atoms with Gasteiger partial charge in [0.15, 0.2) is 6.29 Å². The van der Waals surface area contributed by atoms with Crippen molar-refractivity contribution in [2.45, 2.75) is 358 Å². The van der Waals surface area contributed by atoms with Crippen LogP contribution >= 0.6 is 0 Å². The van der Waals surface area contributed by atoms with Crippen molar-refractivity contribution in [3.8, 4) is 0 Å². The molecular formula is C65H123NO8. The van der Waals surface area contributed by atoms with Gasteiger partial charge >= 0.3 is 0 Å². The van der Waals surface area contributed by atoms with E-state index in [0.29, 0.717) is 6.42 Å². The molecular weight excluding hydrogens is 923 g/mol. The molecule has 0 radical (unpaired) electrons. The van der Waals surface area contributed by atoms with E-state index in [9.17, 15) is 30.3 Å². The van der Waals surface area contributed by atoms with Gasteiger partial charge in [-0.1, -0.05) is 301 Å². The summed E-state index contributed by atoms with van der Waals surface area (Å²) in [6.45, 7) is 3.76.